The Labute approximate surface area is 103 Å². The molecule has 2 aromatic heterocycles. The number of primary amides is 1. The van der Waals surface area contributed by atoms with Crippen molar-refractivity contribution in [2.45, 2.75) is 0 Å². The standard InChI is InChI=1S/C14H11N3O/c15-14(18)10-6-9(7-16-8-10)11-2-1-3-13-12(11)4-5-17-13/h1-8,17H,(H2,15,18). The minimum Gasteiger partial charge on any atom is -0.366 e. The fourth-order valence-electron chi connectivity index (χ4n) is 2.06. The first kappa shape index (κ1) is 10.5. The highest BCUT2D eigenvalue weighted by Crippen LogP contribution is 2.27. The smallest absolute Gasteiger partial charge is 0.250 e. The van der Waals surface area contributed by atoms with E-state index in [1.807, 2.05) is 30.5 Å². The van der Waals surface area contributed by atoms with Crippen LogP contribution in [-0.4, -0.2) is 15.9 Å². The van der Waals surface area contributed by atoms with Crippen LogP contribution in [0.25, 0.3) is 22.0 Å². The number of amides is 1. The molecular weight excluding hydrogens is 226 g/mol. The molecule has 3 N–H and O–H groups in total. The number of carbonyl (C=O) groups is 1. The fraction of sp³-hybridized carbons (Fsp3) is 0. The first-order valence-electron chi connectivity index (χ1n) is 5.57. The molecule has 0 saturated heterocycles. The summed E-state index contributed by atoms with van der Waals surface area (Å²) in [6.07, 6.45) is 5.09. The van der Waals surface area contributed by atoms with Gasteiger partial charge in [-0.1, -0.05) is 12.1 Å². The van der Waals surface area contributed by atoms with Crippen molar-refractivity contribution in [3.05, 3.63) is 54.5 Å². The van der Waals surface area contributed by atoms with Crippen LogP contribution in [0, 0.1) is 0 Å². The number of carbonyl (C=O) groups excluding carboxylic acids is 1. The zero-order chi connectivity index (χ0) is 12.5. The molecule has 0 aliphatic heterocycles. The van der Waals surface area contributed by atoms with Gasteiger partial charge in [-0.25, -0.2) is 0 Å². The third-order valence-electron chi connectivity index (χ3n) is 2.93. The molecule has 18 heavy (non-hydrogen) atoms. The number of aromatic nitrogens is 2. The highest BCUT2D eigenvalue weighted by Gasteiger charge is 2.07. The van der Waals surface area contributed by atoms with E-state index in [0.717, 1.165) is 22.0 Å². The van der Waals surface area contributed by atoms with Crippen molar-refractivity contribution in [1.29, 1.82) is 0 Å². The zero-order valence-electron chi connectivity index (χ0n) is 9.55. The molecule has 0 radical (unpaired) electrons. The van der Waals surface area contributed by atoms with Crippen molar-refractivity contribution in [3.63, 3.8) is 0 Å². The van der Waals surface area contributed by atoms with Crippen LogP contribution in [-0.2, 0) is 0 Å². The lowest BCUT2D eigenvalue weighted by Gasteiger charge is -2.04. The summed E-state index contributed by atoms with van der Waals surface area (Å²) < 4.78 is 0. The van der Waals surface area contributed by atoms with E-state index >= 15 is 0 Å². The van der Waals surface area contributed by atoms with Crippen LogP contribution in [0.1, 0.15) is 10.4 Å². The lowest BCUT2D eigenvalue weighted by atomic mass is 10.0. The molecule has 0 spiro atoms. The maximum absolute atomic E-state index is 11.2. The second-order valence-electron chi connectivity index (χ2n) is 4.07. The number of fused-ring (bicyclic) bond motifs is 1. The maximum atomic E-state index is 11.2. The second kappa shape index (κ2) is 4.00. The Bertz CT molecular complexity index is 730. The van der Waals surface area contributed by atoms with Crippen molar-refractivity contribution in [3.8, 4) is 11.1 Å². The molecule has 0 saturated carbocycles. The molecule has 2 heterocycles. The summed E-state index contributed by atoms with van der Waals surface area (Å²) >= 11 is 0. The third kappa shape index (κ3) is 1.64. The number of H-pyrrole nitrogens is 1. The number of nitrogens with one attached hydrogen (secondary N) is 1. The maximum Gasteiger partial charge on any atom is 0.250 e. The van der Waals surface area contributed by atoms with Crippen LogP contribution < -0.4 is 5.73 Å². The highest BCUT2D eigenvalue weighted by molar-refractivity contribution is 5.98. The molecule has 88 valence electrons. The van der Waals surface area contributed by atoms with Gasteiger partial charge < -0.3 is 10.7 Å². The van der Waals surface area contributed by atoms with E-state index < -0.39 is 5.91 Å². The summed E-state index contributed by atoms with van der Waals surface area (Å²) in [5, 5.41) is 1.10. The van der Waals surface area contributed by atoms with E-state index in [-0.39, 0.29) is 0 Å². The average Bonchev–Trinajstić information content (AvgIpc) is 2.87. The van der Waals surface area contributed by atoms with Gasteiger partial charge in [-0.2, -0.15) is 0 Å². The van der Waals surface area contributed by atoms with Crippen LogP contribution in [0.5, 0.6) is 0 Å². The molecule has 0 unspecified atom stereocenters. The van der Waals surface area contributed by atoms with Gasteiger partial charge in [-0.15, -0.1) is 0 Å². The minimum absolute atomic E-state index is 0.417. The number of hydrogen-bond donors (Lipinski definition) is 2. The molecule has 3 aromatic rings. The Kier molecular flexibility index (Phi) is 2.34. The highest BCUT2D eigenvalue weighted by atomic mass is 16.1. The van der Waals surface area contributed by atoms with Crippen LogP contribution in [0.3, 0.4) is 0 Å². The molecule has 4 nitrogen and oxygen atoms in total. The van der Waals surface area contributed by atoms with E-state index in [0.29, 0.717) is 5.56 Å². The number of aromatic amines is 1. The molecule has 3 rings (SSSR count). The lowest BCUT2D eigenvalue weighted by molar-refractivity contribution is 0.1000. The largest absolute Gasteiger partial charge is 0.366 e. The summed E-state index contributed by atoms with van der Waals surface area (Å²) in [5.74, 6) is -0.467. The molecule has 4 heteroatoms. The van der Waals surface area contributed by atoms with Gasteiger partial charge in [0.05, 0.1) is 5.56 Å². The quantitative estimate of drug-likeness (QED) is 0.718. The number of nitrogens with two attached hydrogens (primary N) is 1. The number of pyridine rings is 1. The van der Waals surface area contributed by atoms with Crippen molar-refractivity contribution >= 4 is 16.8 Å². The Hall–Kier alpha value is -2.62. The van der Waals surface area contributed by atoms with Gasteiger partial charge in [0.25, 0.3) is 0 Å². The second-order valence-corrected chi connectivity index (χ2v) is 4.07. The lowest BCUT2D eigenvalue weighted by Crippen LogP contribution is -2.11. The number of nitrogens with zero attached hydrogens (tertiary/aromatic N) is 1. The summed E-state index contributed by atoms with van der Waals surface area (Å²) in [6, 6.07) is 9.73. The molecule has 0 aliphatic carbocycles. The third-order valence-corrected chi connectivity index (χ3v) is 2.93. The molecule has 0 bridgehead atoms. The van der Waals surface area contributed by atoms with Crippen molar-refractivity contribution in [1.82, 2.24) is 9.97 Å². The zero-order valence-corrected chi connectivity index (χ0v) is 9.55. The van der Waals surface area contributed by atoms with Gasteiger partial charge in [0.15, 0.2) is 0 Å². The van der Waals surface area contributed by atoms with Crippen LogP contribution in [0.2, 0.25) is 0 Å². The van der Waals surface area contributed by atoms with E-state index in [4.69, 9.17) is 5.73 Å². The van der Waals surface area contributed by atoms with E-state index in [9.17, 15) is 4.79 Å². The monoisotopic (exact) mass is 237 g/mol. The first-order valence-corrected chi connectivity index (χ1v) is 5.57. The number of hydrogen-bond acceptors (Lipinski definition) is 2. The van der Waals surface area contributed by atoms with Crippen molar-refractivity contribution in [2.75, 3.05) is 0 Å². The van der Waals surface area contributed by atoms with Gasteiger partial charge in [0.1, 0.15) is 0 Å². The molecule has 0 fully saturated rings. The fourth-order valence-corrected chi connectivity index (χ4v) is 2.06. The van der Waals surface area contributed by atoms with Gasteiger partial charge in [-0.3, -0.25) is 9.78 Å². The summed E-state index contributed by atoms with van der Waals surface area (Å²) in [5.41, 5.74) is 8.66. The summed E-state index contributed by atoms with van der Waals surface area (Å²) in [4.78, 5) is 18.4. The summed E-state index contributed by atoms with van der Waals surface area (Å²) in [7, 11) is 0. The topological polar surface area (TPSA) is 71.8 Å². The molecular formula is C14H11N3O. The Morgan fingerprint density at radius 1 is 1.22 bits per heavy atom. The molecule has 1 aromatic carbocycles. The van der Waals surface area contributed by atoms with Crippen LogP contribution >= 0.6 is 0 Å². The van der Waals surface area contributed by atoms with E-state index in [2.05, 4.69) is 9.97 Å². The SMILES string of the molecule is NC(=O)c1cncc(-c2cccc3[nH]ccc23)c1. The van der Waals surface area contributed by atoms with Crippen LogP contribution in [0.4, 0.5) is 0 Å². The van der Waals surface area contributed by atoms with Crippen molar-refractivity contribution in [2.24, 2.45) is 5.73 Å². The van der Waals surface area contributed by atoms with E-state index in [1.165, 1.54) is 6.20 Å². The minimum atomic E-state index is -0.467. The first-order chi connectivity index (χ1) is 8.75. The van der Waals surface area contributed by atoms with Gasteiger partial charge in [0, 0.05) is 35.1 Å². The Morgan fingerprint density at radius 2 is 2.11 bits per heavy atom. The van der Waals surface area contributed by atoms with Crippen molar-refractivity contribution < 1.29 is 4.79 Å². The van der Waals surface area contributed by atoms with Gasteiger partial charge in [-0.05, 0) is 23.8 Å². The van der Waals surface area contributed by atoms with Crippen LogP contribution in [0.15, 0.2) is 48.9 Å². The predicted octanol–water partition coefficient (Wildman–Crippen LogP) is 2.33. The van der Waals surface area contributed by atoms with E-state index in [1.54, 1.807) is 12.3 Å². The summed E-state index contributed by atoms with van der Waals surface area (Å²) in [6.45, 7) is 0. The molecule has 0 aliphatic rings. The number of rotatable bonds is 2. The Balaban J connectivity index is 2.23. The normalized spacial score (nSPS) is 10.7. The predicted molar refractivity (Wildman–Crippen MR) is 70.0 cm³/mol. The van der Waals surface area contributed by atoms with Gasteiger partial charge >= 0.3 is 0 Å². The molecule has 0 atom stereocenters. The molecule has 1 amide bonds. The average molecular weight is 237 g/mol. The Morgan fingerprint density at radius 3 is 2.94 bits per heavy atom. The van der Waals surface area contributed by atoms with Gasteiger partial charge in [0.2, 0.25) is 5.91 Å². The number of benzene rings is 1.